The summed E-state index contributed by atoms with van der Waals surface area (Å²) in [6.45, 7) is 4.25. The fourth-order valence-corrected chi connectivity index (χ4v) is 4.76. The third kappa shape index (κ3) is 5.74. The van der Waals surface area contributed by atoms with Gasteiger partial charge in [-0.25, -0.2) is 9.79 Å². The molecule has 0 spiro atoms. The first-order chi connectivity index (χ1) is 17.9. The van der Waals surface area contributed by atoms with E-state index in [1.165, 1.54) is 0 Å². The Morgan fingerprint density at radius 3 is 2.41 bits per heavy atom. The van der Waals surface area contributed by atoms with Crippen LogP contribution in [-0.4, -0.2) is 19.3 Å². The molecular formula is C29H35N5O3. The van der Waals surface area contributed by atoms with Crippen LogP contribution in [0.5, 0.6) is 0 Å². The Morgan fingerprint density at radius 1 is 1.03 bits per heavy atom. The van der Waals surface area contributed by atoms with Crippen molar-refractivity contribution in [2.75, 3.05) is 0 Å². The predicted molar refractivity (Wildman–Crippen MR) is 146 cm³/mol. The van der Waals surface area contributed by atoms with Crippen LogP contribution in [0.3, 0.4) is 0 Å². The summed E-state index contributed by atoms with van der Waals surface area (Å²) in [4.78, 5) is 32.2. The number of nitrogens with zero attached hydrogens (tertiary/aromatic N) is 4. The van der Waals surface area contributed by atoms with Crippen LogP contribution in [0, 0.1) is 0 Å². The van der Waals surface area contributed by atoms with Gasteiger partial charge in [0.25, 0.3) is 5.56 Å². The summed E-state index contributed by atoms with van der Waals surface area (Å²) in [5.74, 6) is -0.125. The molecule has 2 aromatic heterocycles. The minimum Gasteiger partial charge on any atom is -0.318 e. The van der Waals surface area contributed by atoms with Gasteiger partial charge >= 0.3 is 5.76 Å². The van der Waals surface area contributed by atoms with E-state index in [-0.39, 0.29) is 5.56 Å². The fraction of sp³-hybridized carbons (Fsp3) is 0.379. The second-order valence-corrected chi connectivity index (χ2v) is 9.33. The zero-order valence-electron chi connectivity index (χ0n) is 22.1. The Bertz CT molecular complexity index is 1530. The van der Waals surface area contributed by atoms with Crippen molar-refractivity contribution in [2.45, 2.75) is 58.8 Å². The molecule has 0 fully saturated rings. The van der Waals surface area contributed by atoms with E-state index in [0.29, 0.717) is 17.9 Å². The fourth-order valence-electron chi connectivity index (χ4n) is 4.76. The number of allylic oxidation sites excluding steroid dienone is 5. The van der Waals surface area contributed by atoms with E-state index < -0.39 is 5.76 Å². The van der Waals surface area contributed by atoms with Gasteiger partial charge in [-0.3, -0.25) is 18.9 Å². The van der Waals surface area contributed by atoms with Crippen LogP contribution >= 0.6 is 0 Å². The van der Waals surface area contributed by atoms with Gasteiger partial charge in [-0.15, -0.1) is 0 Å². The Hall–Kier alpha value is -3.94. The number of benzene rings is 1. The average Bonchev–Trinajstić information content (AvgIpc) is 3.35. The lowest BCUT2D eigenvalue weighted by Crippen LogP contribution is -2.42. The molecule has 37 heavy (non-hydrogen) atoms. The number of aromatic amines is 1. The normalized spacial score (nSPS) is 14.3. The zero-order valence-corrected chi connectivity index (χ0v) is 22.1. The number of hydrogen-bond donors (Lipinski definition) is 1. The van der Waals surface area contributed by atoms with E-state index in [0.717, 1.165) is 72.1 Å². The van der Waals surface area contributed by atoms with Gasteiger partial charge in [0, 0.05) is 43.5 Å². The third-order valence-electron chi connectivity index (χ3n) is 6.65. The average molecular weight is 502 g/mol. The van der Waals surface area contributed by atoms with Crippen LogP contribution in [0.2, 0.25) is 0 Å². The molecule has 4 rings (SSSR count). The molecule has 0 bridgehead atoms. The maximum Gasteiger partial charge on any atom is 0.439 e. The van der Waals surface area contributed by atoms with Crippen molar-refractivity contribution in [3.05, 3.63) is 103 Å². The minimum absolute atomic E-state index is 0.0107. The lowest BCUT2D eigenvalue weighted by molar-refractivity contribution is 0.385. The minimum atomic E-state index is -0.565. The molecule has 8 nitrogen and oxygen atoms in total. The number of unbranched alkanes of at least 4 members (excludes halogenated alkanes) is 1. The highest BCUT2D eigenvalue weighted by molar-refractivity contribution is 6.03. The van der Waals surface area contributed by atoms with Gasteiger partial charge < -0.3 is 4.57 Å². The summed E-state index contributed by atoms with van der Waals surface area (Å²) in [6.07, 6.45) is 14.1. The molecule has 0 saturated carbocycles. The van der Waals surface area contributed by atoms with E-state index >= 15 is 0 Å². The predicted octanol–water partition coefficient (Wildman–Crippen LogP) is 4.42. The van der Waals surface area contributed by atoms with Gasteiger partial charge in [-0.2, -0.15) is 0 Å². The largest absolute Gasteiger partial charge is 0.439 e. The Balaban J connectivity index is 1.66. The SMILES string of the molecule is CCC/C=C\N=c1n(C)c(CCC)c(Cc2ccc(C3=CCCC=C3c3noc(=O)[nH]3)cc2)c(=O)n1C. The summed E-state index contributed by atoms with van der Waals surface area (Å²) >= 11 is 0. The van der Waals surface area contributed by atoms with Crippen molar-refractivity contribution in [1.29, 1.82) is 0 Å². The highest BCUT2D eigenvalue weighted by Crippen LogP contribution is 2.33. The second-order valence-electron chi connectivity index (χ2n) is 9.33. The van der Waals surface area contributed by atoms with Gasteiger partial charge in [-0.1, -0.05) is 74.3 Å². The van der Waals surface area contributed by atoms with Crippen LogP contribution in [0.1, 0.15) is 74.2 Å². The molecule has 0 amide bonds. The molecule has 3 aromatic rings. The molecule has 0 aliphatic heterocycles. The summed E-state index contributed by atoms with van der Waals surface area (Å²) < 4.78 is 8.41. The number of H-pyrrole nitrogens is 1. The molecule has 1 N–H and O–H groups in total. The maximum atomic E-state index is 13.5. The molecule has 0 atom stereocenters. The van der Waals surface area contributed by atoms with Crippen molar-refractivity contribution in [3.63, 3.8) is 0 Å². The molecule has 0 saturated heterocycles. The van der Waals surface area contributed by atoms with Gasteiger partial charge in [0.15, 0.2) is 5.82 Å². The number of nitrogens with one attached hydrogen (secondary N) is 1. The first-order valence-corrected chi connectivity index (χ1v) is 13.0. The van der Waals surface area contributed by atoms with Crippen LogP contribution in [0.15, 0.2) is 67.8 Å². The van der Waals surface area contributed by atoms with Crippen molar-refractivity contribution >= 4 is 11.1 Å². The molecule has 1 aliphatic carbocycles. The van der Waals surface area contributed by atoms with Crippen molar-refractivity contribution in [1.82, 2.24) is 19.3 Å². The van der Waals surface area contributed by atoms with E-state index in [1.54, 1.807) is 17.8 Å². The molecule has 2 heterocycles. The number of rotatable bonds is 9. The van der Waals surface area contributed by atoms with Crippen LogP contribution in [-0.2, 0) is 26.9 Å². The highest BCUT2D eigenvalue weighted by atomic mass is 16.5. The molecule has 0 unspecified atom stereocenters. The van der Waals surface area contributed by atoms with E-state index in [2.05, 4.69) is 65.4 Å². The molecule has 1 aromatic carbocycles. The summed E-state index contributed by atoms with van der Waals surface area (Å²) in [6, 6.07) is 8.25. The smallest absolute Gasteiger partial charge is 0.318 e. The van der Waals surface area contributed by atoms with E-state index in [1.807, 2.05) is 17.7 Å². The lowest BCUT2D eigenvalue weighted by atomic mass is 9.90. The van der Waals surface area contributed by atoms with Crippen LogP contribution in [0.25, 0.3) is 11.1 Å². The number of aromatic nitrogens is 4. The maximum absolute atomic E-state index is 13.5. The van der Waals surface area contributed by atoms with Gasteiger partial charge in [0.05, 0.1) is 0 Å². The van der Waals surface area contributed by atoms with Crippen molar-refractivity contribution in [3.8, 4) is 0 Å². The van der Waals surface area contributed by atoms with E-state index in [9.17, 15) is 9.59 Å². The molecule has 194 valence electrons. The summed E-state index contributed by atoms with van der Waals surface area (Å²) in [5, 5.41) is 3.87. The first kappa shape index (κ1) is 26.1. The zero-order chi connectivity index (χ0) is 26.4. The van der Waals surface area contributed by atoms with E-state index in [4.69, 9.17) is 4.52 Å². The monoisotopic (exact) mass is 501 g/mol. The summed E-state index contributed by atoms with van der Waals surface area (Å²) in [5.41, 5.74) is 6.42. The standard InChI is InChI=1S/C29H35N5O3/c1-5-7-10-18-30-28-33(3)25(11-6-2)24(27(35)34(28)4)19-20-14-16-21(17-15-20)22-12-8-9-13-23(22)26-31-29(36)37-32-26/h10,12-18H,5-9,11,19H2,1-4H3,(H,31,32,36)/b18-10-,30-28?. The molecular weight excluding hydrogens is 466 g/mol. The highest BCUT2D eigenvalue weighted by Gasteiger charge is 2.18. The molecule has 8 heteroatoms. The third-order valence-corrected chi connectivity index (χ3v) is 6.65. The molecule has 1 aliphatic rings. The van der Waals surface area contributed by atoms with Gasteiger partial charge in [0.1, 0.15) is 0 Å². The first-order valence-electron chi connectivity index (χ1n) is 13.0. The van der Waals surface area contributed by atoms with Crippen molar-refractivity contribution in [2.24, 2.45) is 19.1 Å². The Labute approximate surface area is 216 Å². The van der Waals surface area contributed by atoms with Crippen LogP contribution in [0.4, 0.5) is 0 Å². The van der Waals surface area contributed by atoms with Crippen LogP contribution < -0.4 is 16.9 Å². The lowest BCUT2D eigenvalue weighted by Gasteiger charge is -2.17. The van der Waals surface area contributed by atoms with Gasteiger partial charge in [0.2, 0.25) is 5.62 Å². The van der Waals surface area contributed by atoms with Gasteiger partial charge in [-0.05, 0) is 42.4 Å². The Kier molecular flexibility index (Phi) is 8.38. The second kappa shape index (κ2) is 11.9. The summed E-state index contributed by atoms with van der Waals surface area (Å²) in [7, 11) is 3.77. The quantitative estimate of drug-likeness (QED) is 0.469. The number of hydrogen-bond acceptors (Lipinski definition) is 5. The topological polar surface area (TPSA) is 98.2 Å². The molecule has 0 radical (unpaired) electrons. The van der Waals surface area contributed by atoms with Crippen molar-refractivity contribution < 1.29 is 4.52 Å². The Morgan fingerprint density at radius 2 is 1.76 bits per heavy atom.